The monoisotopic (exact) mass is 512 g/mol. The Kier molecular flexibility index (Phi) is 7.09. The summed E-state index contributed by atoms with van der Waals surface area (Å²) >= 11 is 0. The normalized spacial score (nSPS) is 15.2. The predicted molar refractivity (Wildman–Crippen MR) is 147 cm³/mol. The van der Waals surface area contributed by atoms with Gasteiger partial charge in [-0.15, -0.1) is 0 Å². The van der Waals surface area contributed by atoms with Crippen LogP contribution in [-0.4, -0.2) is 57.8 Å². The van der Waals surface area contributed by atoms with Gasteiger partial charge in [-0.05, 0) is 75.1 Å². The third-order valence-corrected chi connectivity index (χ3v) is 6.43. The summed E-state index contributed by atoms with van der Waals surface area (Å²) in [7, 11) is 0. The predicted octanol–water partition coefficient (Wildman–Crippen LogP) is 4.95. The third kappa shape index (κ3) is 6.16. The van der Waals surface area contributed by atoms with Crippen molar-refractivity contribution in [2.24, 2.45) is 4.99 Å². The molecule has 1 fully saturated rings. The van der Waals surface area contributed by atoms with Crippen molar-refractivity contribution < 1.29 is 14.3 Å². The van der Waals surface area contributed by atoms with Gasteiger partial charge in [0.2, 0.25) is 0 Å². The van der Waals surface area contributed by atoms with Crippen molar-refractivity contribution in [3.8, 4) is 11.4 Å². The number of aromatic nitrogens is 2. The maximum atomic E-state index is 13.0. The van der Waals surface area contributed by atoms with E-state index in [4.69, 9.17) is 4.74 Å². The summed E-state index contributed by atoms with van der Waals surface area (Å²) in [5.74, 6) is 1.03. The van der Waals surface area contributed by atoms with E-state index < -0.39 is 5.60 Å². The van der Waals surface area contributed by atoms with Crippen LogP contribution in [0.3, 0.4) is 0 Å². The van der Waals surface area contributed by atoms with Crippen LogP contribution in [-0.2, 0) is 11.3 Å². The van der Waals surface area contributed by atoms with Gasteiger partial charge in [0.15, 0.2) is 5.82 Å². The van der Waals surface area contributed by atoms with E-state index in [2.05, 4.69) is 37.7 Å². The highest BCUT2D eigenvalue weighted by atomic mass is 16.6. The van der Waals surface area contributed by atoms with Gasteiger partial charge in [0.05, 0.1) is 6.54 Å². The molecule has 0 unspecified atom stereocenters. The van der Waals surface area contributed by atoms with Crippen LogP contribution >= 0.6 is 0 Å². The minimum Gasteiger partial charge on any atom is -0.444 e. The molecule has 2 aromatic carbocycles. The fourth-order valence-corrected chi connectivity index (χ4v) is 4.50. The SMILES string of the molecule is CC(C)(C)OC(=O)N1CCC(NC(=O)c2cccc(-c3nccc(Nc4ccc5c(c4)C=NC5)n3)c2)CC1. The molecule has 38 heavy (non-hydrogen) atoms. The van der Waals surface area contributed by atoms with Crippen LogP contribution in [0.15, 0.2) is 59.7 Å². The smallest absolute Gasteiger partial charge is 0.410 e. The number of anilines is 2. The number of ether oxygens (including phenoxy) is 1. The summed E-state index contributed by atoms with van der Waals surface area (Å²) in [6, 6.07) is 15.2. The van der Waals surface area contributed by atoms with Crippen molar-refractivity contribution in [2.45, 2.75) is 51.8 Å². The third-order valence-electron chi connectivity index (χ3n) is 6.43. The highest BCUT2D eigenvalue weighted by molar-refractivity contribution is 5.95. The quantitative estimate of drug-likeness (QED) is 0.501. The molecule has 0 radical (unpaired) electrons. The van der Waals surface area contributed by atoms with Crippen molar-refractivity contribution in [1.29, 1.82) is 0 Å². The number of aliphatic imine (C=N–C) groups is 1. The van der Waals surface area contributed by atoms with Crippen LogP contribution in [0.1, 0.15) is 55.1 Å². The zero-order valence-electron chi connectivity index (χ0n) is 21.9. The van der Waals surface area contributed by atoms with E-state index in [0.717, 1.165) is 23.4 Å². The van der Waals surface area contributed by atoms with E-state index in [1.165, 1.54) is 5.56 Å². The molecule has 9 heteroatoms. The molecule has 2 amide bonds. The molecule has 0 atom stereocenters. The van der Waals surface area contributed by atoms with Gasteiger partial charge in [0, 0.05) is 48.4 Å². The molecule has 0 spiro atoms. The van der Waals surface area contributed by atoms with Crippen molar-refractivity contribution in [3.05, 3.63) is 71.4 Å². The van der Waals surface area contributed by atoms with Gasteiger partial charge < -0.3 is 20.3 Å². The Bertz CT molecular complexity index is 1370. The molecule has 2 aliphatic heterocycles. The van der Waals surface area contributed by atoms with E-state index in [9.17, 15) is 9.59 Å². The molecular formula is C29H32N6O3. The second-order valence-corrected chi connectivity index (χ2v) is 10.6. The van der Waals surface area contributed by atoms with E-state index >= 15 is 0 Å². The maximum Gasteiger partial charge on any atom is 0.410 e. The minimum atomic E-state index is -0.524. The van der Waals surface area contributed by atoms with Crippen molar-refractivity contribution >= 4 is 29.7 Å². The van der Waals surface area contributed by atoms with Gasteiger partial charge in [-0.1, -0.05) is 18.2 Å². The highest BCUT2D eigenvalue weighted by Crippen LogP contribution is 2.24. The summed E-state index contributed by atoms with van der Waals surface area (Å²) in [4.78, 5) is 40.4. The summed E-state index contributed by atoms with van der Waals surface area (Å²) in [5.41, 5.74) is 4.01. The second kappa shape index (κ2) is 10.6. The van der Waals surface area contributed by atoms with Crippen LogP contribution in [0.4, 0.5) is 16.3 Å². The molecule has 3 aromatic rings. The number of amides is 2. The van der Waals surface area contributed by atoms with Gasteiger partial charge in [-0.25, -0.2) is 14.8 Å². The van der Waals surface area contributed by atoms with Gasteiger partial charge in [-0.3, -0.25) is 9.79 Å². The number of nitrogens with zero attached hydrogens (tertiary/aromatic N) is 4. The lowest BCUT2D eigenvalue weighted by atomic mass is 10.0. The zero-order valence-corrected chi connectivity index (χ0v) is 21.9. The first kappa shape index (κ1) is 25.4. The molecule has 3 heterocycles. The number of hydrogen-bond donors (Lipinski definition) is 2. The van der Waals surface area contributed by atoms with Gasteiger partial charge in [-0.2, -0.15) is 0 Å². The van der Waals surface area contributed by atoms with Gasteiger partial charge in [0.25, 0.3) is 5.91 Å². The molecule has 1 aromatic heterocycles. The average molecular weight is 513 g/mol. The zero-order chi connectivity index (χ0) is 26.7. The van der Waals surface area contributed by atoms with E-state index in [0.29, 0.717) is 43.1 Å². The minimum absolute atomic E-state index is 0.00835. The van der Waals surface area contributed by atoms with E-state index in [1.54, 1.807) is 23.2 Å². The Labute approximate surface area is 222 Å². The Morgan fingerprint density at radius 1 is 1.05 bits per heavy atom. The van der Waals surface area contributed by atoms with Gasteiger partial charge >= 0.3 is 6.09 Å². The number of benzene rings is 2. The highest BCUT2D eigenvalue weighted by Gasteiger charge is 2.27. The lowest BCUT2D eigenvalue weighted by molar-refractivity contribution is 0.0199. The number of piperidine rings is 1. The van der Waals surface area contributed by atoms with Crippen LogP contribution in [0, 0.1) is 0 Å². The summed E-state index contributed by atoms with van der Waals surface area (Å²) in [5, 5.41) is 6.43. The van der Waals surface area contributed by atoms with Crippen LogP contribution in [0.2, 0.25) is 0 Å². The maximum absolute atomic E-state index is 13.0. The number of hydrogen-bond acceptors (Lipinski definition) is 7. The van der Waals surface area contributed by atoms with Crippen LogP contribution in [0.5, 0.6) is 0 Å². The van der Waals surface area contributed by atoms with Crippen molar-refractivity contribution in [1.82, 2.24) is 20.2 Å². The first-order chi connectivity index (χ1) is 18.2. The fraction of sp³-hybridized carbons (Fsp3) is 0.345. The van der Waals surface area contributed by atoms with Gasteiger partial charge in [0.1, 0.15) is 11.4 Å². The summed E-state index contributed by atoms with van der Waals surface area (Å²) < 4.78 is 5.46. The Morgan fingerprint density at radius 3 is 2.66 bits per heavy atom. The summed E-state index contributed by atoms with van der Waals surface area (Å²) in [6.45, 7) is 7.38. The topological polar surface area (TPSA) is 109 Å². The molecule has 0 bridgehead atoms. The number of fused-ring (bicyclic) bond motifs is 1. The fourth-order valence-electron chi connectivity index (χ4n) is 4.50. The molecule has 5 rings (SSSR count). The van der Waals surface area contributed by atoms with Crippen molar-refractivity contribution in [3.63, 3.8) is 0 Å². The standard InChI is InChI=1S/C29H32N6O3/c1-29(2,3)38-28(37)35-13-10-23(11-14-35)33-27(36)20-6-4-5-19(15-20)26-31-12-9-25(34-26)32-24-8-7-21-17-30-18-22(21)16-24/h4-9,12,15-16,18,23H,10-11,13-14,17H2,1-3H3,(H,33,36)(H,31,32,34). The number of carbonyl (C=O) groups is 2. The number of carbonyl (C=O) groups excluding carboxylic acids is 2. The van der Waals surface area contributed by atoms with Crippen LogP contribution < -0.4 is 10.6 Å². The summed E-state index contributed by atoms with van der Waals surface area (Å²) in [6.07, 6.45) is 4.63. The first-order valence-corrected chi connectivity index (χ1v) is 12.9. The van der Waals surface area contributed by atoms with E-state index in [-0.39, 0.29) is 18.0 Å². The molecule has 0 aliphatic carbocycles. The van der Waals surface area contributed by atoms with E-state index in [1.807, 2.05) is 51.3 Å². The molecular weight excluding hydrogens is 480 g/mol. The molecule has 2 N–H and O–H groups in total. The molecule has 1 saturated heterocycles. The largest absolute Gasteiger partial charge is 0.444 e. The number of nitrogens with one attached hydrogen (secondary N) is 2. The Balaban J connectivity index is 1.21. The Morgan fingerprint density at radius 2 is 1.87 bits per heavy atom. The molecule has 2 aliphatic rings. The number of rotatable bonds is 5. The Hall–Kier alpha value is -4.27. The first-order valence-electron chi connectivity index (χ1n) is 12.9. The second-order valence-electron chi connectivity index (χ2n) is 10.6. The average Bonchev–Trinajstić information content (AvgIpc) is 3.36. The molecule has 0 saturated carbocycles. The van der Waals surface area contributed by atoms with Crippen molar-refractivity contribution in [2.75, 3.05) is 18.4 Å². The lowest BCUT2D eigenvalue weighted by Crippen LogP contribution is -2.47. The molecule has 196 valence electrons. The number of likely N-dealkylation sites (tertiary alicyclic amines) is 1. The molecule has 9 nitrogen and oxygen atoms in total. The lowest BCUT2D eigenvalue weighted by Gasteiger charge is -2.33. The van der Waals surface area contributed by atoms with Crippen LogP contribution in [0.25, 0.3) is 11.4 Å².